The van der Waals surface area contributed by atoms with Crippen molar-refractivity contribution < 1.29 is 28.5 Å². The highest BCUT2D eigenvalue weighted by atomic mass is 35.5. The fourth-order valence-electron chi connectivity index (χ4n) is 3.19. The van der Waals surface area contributed by atoms with Crippen molar-refractivity contribution in [3.05, 3.63) is 64.7 Å². The summed E-state index contributed by atoms with van der Waals surface area (Å²) in [6.45, 7) is 3.82. The van der Waals surface area contributed by atoms with Crippen LogP contribution in [0.25, 0.3) is 10.8 Å². The summed E-state index contributed by atoms with van der Waals surface area (Å²) >= 11 is 6.34. The van der Waals surface area contributed by atoms with Crippen molar-refractivity contribution in [3.63, 3.8) is 0 Å². The first-order chi connectivity index (χ1) is 16.5. The molecular formula is C25H25ClN2O6. The van der Waals surface area contributed by atoms with Crippen molar-refractivity contribution in [3.8, 4) is 17.2 Å². The number of fused-ring (bicyclic) bond motifs is 1. The van der Waals surface area contributed by atoms with E-state index in [1.807, 2.05) is 24.3 Å². The largest absolute Gasteiger partial charge is 0.496 e. The molecule has 0 atom stereocenters. The average molecular weight is 485 g/mol. The van der Waals surface area contributed by atoms with Gasteiger partial charge in [-0.05, 0) is 54.4 Å². The van der Waals surface area contributed by atoms with Crippen molar-refractivity contribution in [2.75, 3.05) is 26.9 Å². The van der Waals surface area contributed by atoms with Gasteiger partial charge in [0.15, 0.2) is 18.1 Å². The lowest BCUT2D eigenvalue weighted by atomic mass is 10.1. The number of hydrogen-bond donors (Lipinski definition) is 1. The van der Waals surface area contributed by atoms with Crippen molar-refractivity contribution in [1.82, 2.24) is 5.43 Å². The monoisotopic (exact) mass is 484 g/mol. The number of ether oxygens (including phenoxy) is 4. The molecular weight excluding hydrogens is 460 g/mol. The van der Waals surface area contributed by atoms with Crippen LogP contribution >= 0.6 is 11.6 Å². The summed E-state index contributed by atoms with van der Waals surface area (Å²) < 4.78 is 21.3. The van der Waals surface area contributed by atoms with Gasteiger partial charge in [0.05, 0.1) is 37.1 Å². The number of carbonyl (C=O) groups excluding carboxylic acids is 2. The number of carbonyl (C=O) groups is 2. The Morgan fingerprint density at radius 1 is 1.00 bits per heavy atom. The third kappa shape index (κ3) is 6.17. The number of esters is 1. The molecule has 9 heteroatoms. The molecule has 0 aliphatic heterocycles. The molecule has 0 aliphatic carbocycles. The van der Waals surface area contributed by atoms with Crippen molar-refractivity contribution in [2.24, 2.45) is 5.10 Å². The van der Waals surface area contributed by atoms with Gasteiger partial charge in [-0.15, -0.1) is 0 Å². The minimum absolute atomic E-state index is 0.221. The van der Waals surface area contributed by atoms with Crippen LogP contribution in [0.5, 0.6) is 17.2 Å². The van der Waals surface area contributed by atoms with E-state index in [0.717, 1.165) is 10.8 Å². The molecule has 8 nitrogen and oxygen atoms in total. The normalized spacial score (nSPS) is 10.8. The van der Waals surface area contributed by atoms with Crippen LogP contribution in [0.1, 0.15) is 29.8 Å². The zero-order chi connectivity index (χ0) is 24.5. The molecule has 0 bridgehead atoms. The second-order valence-electron chi connectivity index (χ2n) is 6.96. The molecule has 178 valence electrons. The molecule has 3 aromatic rings. The Balaban J connectivity index is 1.76. The summed E-state index contributed by atoms with van der Waals surface area (Å²) in [5, 5.41) is 6.12. The molecule has 0 heterocycles. The van der Waals surface area contributed by atoms with Crippen LogP contribution in [-0.4, -0.2) is 45.0 Å². The molecule has 0 unspecified atom stereocenters. The number of hydrogen-bond acceptors (Lipinski definition) is 7. The van der Waals surface area contributed by atoms with Crippen LogP contribution in [0.3, 0.4) is 0 Å². The van der Waals surface area contributed by atoms with Crippen LogP contribution < -0.4 is 19.6 Å². The number of halogens is 1. The number of amides is 1. The molecule has 1 N–H and O–H groups in total. The summed E-state index contributed by atoms with van der Waals surface area (Å²) in [4.78, 5) is 24.3. The van der Waals surface area contributed by atoms with Gasteiger partial charge in [0.25, 0.3) is 5.91 Å². The van der Waals surface area contributed by atoms with E-state index in [1.54, 1.807) is 38.1 Å². The lowest BCUT2D eigenvalue weighted by Crippen LogP contribution is -2.18. The van der Waals surface area contributed by atoms with Gasteiger partial charge in [0.2, 0.25) is 0 Å². The Hall–Kier alpha value is -3.78. The van der Waals surface area contributed by atoms with Gasteiger partial charge in [0.1, 0.15) is 5.75 Å². The summed E-state index contributed by atoms with van der Waals surface area (Å²) in [5.74, 6) is 0.0564. The maximum atomic E-state index is 12.7. The summed E-state index contributed by atoms with van der Waals surface area (Å²) in [7, 11) is 1.51. The van der Waals surface area contributed by atoms with E-state index in [2.05, 4.69) is 10.5 Å². The number of benzene rings is 3. The van der Waals surface area contributed by atoms with Gasteiger partial charge in [0, 0.05) is 0 Å². The lowest BCUT2D eigenvalue weighted by Gasteiger charge is -2.14. The summed E-state index contributed by atoms with van der Waals surface area (Å²) in [6.07, 6.45) is 1.43. The fourth-order valence-corrected chi connectivity index (χ4v) is 3.46. The van der Waals surface area contributed by atoms with Gasteiger partial charge >= 0.3 is 5.97 Å². The molecule has 0 radical (unpaired) electrons. The predicted molar refractivity (Wildman–Crippen MR) is 130 cm³/mol. The quantitative estimate of drug-likeness (QED) is 0.256. The van der Waals surface area contributed by atoms with Crippen LogP contribution in [-0.2, 0) is 9.53 Å². The van der Waals surface area contributed by atoms with Gasteiger partial charge in [-0.3, -0.25) is 4.79 Å². The minimum atomic E-state index is -0.515. The Kier molecular flexibility index (Phi) is 8.70. The molecule has 0 fully saturated rings. The molecule has 0 saturated heterocycles. The van der Waals surface area contributed by atoms with Crippen LogP contribution in [0.4, 0.5) is 0 Å². The molecule has 0 saturated carbocycles. The Bertz CT molecular complexity index is 1210. The van der Waals surface area contributed by atoms with Crippen molar-refractivity contribution in [2.45, 2.75) is 13.8 Å². The van der Waals surface area contributed by atoms with E-state index < -0.39 is 11.9 Å². The standard InChI is InChI=1S/C25H25ClN2O6/c1-4-32-22-11-16(10-20(26)24(22)34-15-23(29)33-5-2)14-27-28-25(30)19-12-17-8-6-7-9-18(17)13-21(19)31-3/h6-14H,4-5,15H2,1-3H3,(H,28,30)/b27-14-. The van der Waals surface area contributed by atoms with E-state index in [1.165, 1.54) is 13.3 Å². The number of nitrogens with one attached hydrogen (secondary N) is 1. The predicted octanol–water partition coefficient (Wildman–Crippen LogP) is 4.61. The van der Waals surface area contributed by atoms with Crippen LogP contribution in [0, 0.1) is 0 Å². The second kappa shape index (κ2) is 11.9. The first kappa shape index (κ1) is 24.9. The smallest absolute Gasteiger partial charge is 0.344 e. The Morgan fingerprint density at radius 3 is 2.41 bits per heavy atom. The Labute approximate surface area is 202 Å². The summed E-state index contributed by atoms with van der Waals surface area (Å²) in [6, 6.07) is 14.4. The number of methoxy groups -OCH3 is 1. The van der Waals surface area contributed by atoms with Gasteiger partial charge < -0.3 is 18.9 Å². The van der Waals surface area contributed by atoms with Crippen LogP contribution in [0.2, 0.25) is 5.02 Å². The second-order valence-corrected chi connectivity index (χ2v) is 7.36. The zero-order valence-electron chi connectivity index (χ0n) is 19.1. The maximum absolute atomic E-state index is 12.7. The van der Waals surface area contributed by atoms with Crippen molar-refractivity contribution in [1.29, 1.82) is 0 Å². The highest BCUT2D eigenvalue weighted by Crippen LogP contribution is 2.36. The number of hydrazone groups is 1. The summed E-state index contributed by atoms with van der Waals surface area (Å²) in [5.41, 5.74) is 3.41. The molecule has 1 amide bonds. The average Bonchev–Trinajstić information content (AvgIpc) is 2.83. The molecule has 0 aliphatic rings. The lowest BCUT2D eigenvalue weighted by molar-refractivity contribution is -0.145. The topological polar surface area (TPSA) is 95.5 Å². The molecule has 34 heavy (non-hydrogen) atoms. The minimum Gasteiger partial charge on any atom is -0.496 e. The zero-order valence-corrected chi connectivity index (χ0v) is 19.8. The van der Waals surface area contributed by atoms with Gasteiger partial charge in [-0.1, -0.05) is 35.9 Å². The van der Waals surface area contributed by atoms with Gasteiger partial charge in [-0.2, -0.15) is 5.10 Å². The molecule has 0 aromatic heterocycles. The first-order valence-corrected chi connectivity index (χ1v) is 11.0. The highest BCUT2D eigenvalue weighted by Gasteiger charge is 2.15. The SMILES string of the molecule is CCOC(=O)COc1c(Cl)cc(/C=N\NC(=O)c2cc3ccccc3cc2OC)cc1OCC. The maximum Gasteiger partial charge on any atom is 0.344 e. The third-order valence-corrected chi connectivity index (χ3v) is 4.94. The first-order valence-electron chi connectivity index (χ1n) is 10.6. The third-order valence-electron chi connectivity index (χ3n) is 4.66. The fraction of sp³-hybridized carbons (Fsp3) is 0.240. The Morgan fingerprint density at radius 2 is 1.74 bits per heavy atom. The molecule has 0 spiro atoms. The van der Waals surface area contributed by atoms with E-state index in [-0.39, 0.29) is 24.0 Å². The molecule has 3 aromatic carbocycles. The van der Waals surface area contributed by atoms with E-state index >= 15 is 0 Å². The van der Waals surface area contributed by atoms with E-state index in [9.17, 15) is 9.59 Å². The van der Waals surface area contributed by atoms with E-state index in [4.69, 9.17) is 30.5 Å². The van der Waals surface area contributed by atoms with Gasteiger partial charge in [-0.25, -0.2) is 10.2 Å². The highest BCUT2D eigenvalue weighted by molar-refractivity contribution is 6.32. The van der Waals surface area contributed by atoms with Crippen LogP contribution in [0.15, 0.2) is 53.6 Å². The number of rotatable bonds is 10. The van der Waals surface area contributed by atoms with Crippen molar-refractivity contribution >= 4 is 40.5 Å². The molecule has 3 rings (SSSR count). The van der Waals surface area contributed by atoms with E-state index in [0.29, 0.717) is 29.2 Å². The number of nitrogens with zero attached hydrogens (tertiary/aromatic N) is 1.